The molecule has 0 aliphatic carbocycles. The van der Waals surface area contributed by atoms with Crippen molar-refractivity contribution in [3.05, 3.63) is 54.0 Å². The van der Waals surface area contributed by atoms with Gasteiger partial charge < -0.3 is 20.4 Å². The van der Waals surface area contributed by atoms with E-state index in [0.29, 0.717) is 18.9 Å². The van der Waals surface area contributed by atoms with Gasteiger partial charge in [0, 0.05) is 32.2 Å². The minimum absolute atomic E-state index is 0. The van der Waals surface area contributed by atoms with E-state index in [9.17, 15) is 4.79 Å². The highest BCUT2D eigenvalue weighted by Crippen LogP contribution is 2.24. The van der Waals surface area contributed by atoms with Crippen molar-refractivity contribution in [2.24, 2.45) is 10.9 Å². The standard InChI is InChI=1S/C25H37N5O2.HI/c1-19(2)15-24(31)29-21-10-7-9-20(16-21)17-27-25(26-3)28-18-22(23-11-8-14-32-23)30-12-5-4-6-13-30;/h7-11,14,16,19,22H,4-6,12-13,15,17-18H2,1-3H3,(H,29,31)(H2,26,27,28);1H. The van der Waals surface area contributed by atoms with Crippen LogP contribution in [0.3, 0.4) is 0 Å². The molecule has 1 fully saturated rings. The second-order valence-corrected chi connectivity index (χ2v) is 8.78. The Kier molecular flexibility index (Phi) is 11.7. The first kappa shape index (κ1) is 27.2. The second-order valence-electron chi connectivity index (χ2n) is 8.78. The highest BCUT2D eigenvalue weighted by atomic mass is 127. The molecule has 1 aromatic carbocycles. The average molecular weight is 568 g/mol. The normalized spacial score (nSPS) is 15.6. The molecule has 0 radical (unpaired) electrons. The minimum atomic E-state index is 0. The first-order valence-corrected chi connectivity index (χ1v) is 11.7. The zero-order valence-electron chi connectivity index (χ0n) is 20.0. The van der Waals surface area contributed by atoms with E-state index in [2.05, 4.69) is 31.9 Å². The second kappa shape index (κ2) is 14.2. The van der Waals surface area contributed by atoms with Crippen molar-refractivity contribution < 1.29 is 9.21 Å². The monoisotopic (exact) mass is 567 g/mol. The summed E-state index contributed by atoms with van der Waals surface area (Å²) in [6.07, 6.45) is 6.02. The number of nitrogens with one attached hydrogen (secondary N) is 3. The van der Waals surface area contributed by atoms with E-state index >= 15 is 0 Å². The maximum absolute atomic E-state index is 12.1. The number of halogens is 1. The van der Waals surface area contributed by atoms with Crippen molar-refractivity contribution in [3.63, 3.8) is 0 Å². The first-order chi connectivity index (χ1) is 15.5. The number of aliphatic imine (C=N–C) groups is 1. The summed E-state index contributed by atoms with van der Waals surface area (Å²) in [5.41, 5.74) is 1.90. The van der Waals surface area contributed by atoms with Crippen molar-refractivity contribution in [2.75, 3.05) is 32.0 Å². The van der Waals surface area contributed by atoms with Crippen LogP contribution in [0, 0.1) is 5.92 Å². The molecule has 2 aromatic rings. The molecule has 1 saturated heterocycles. The fraction of sp³-hybridized carbons (Fsp3) is 0.520. The number of carbonyl (C=O) groups excluding carboxylic acids is 1. The lowest BCUT2D eigenvalue weighted by molar-refractivity contribution is -0.116. The van der Waals surface area contributed by atoms with Crippen molar-refractivity contribution in [1.82, 2.24) is 15.5 Å². The number of anilines is 1. The molecule has 1 aliphatic heterocycles. The third kappa shape index (κ3) is 9.00. The molecule has 1 amide bonds. The molecular formula is C25H38IN5O2. The summed E-state index contributed by atoms with van der Waals surface area (Å²) in [6, 6.07) is 12.1. The number of rotatable bonds is 9. The van der Waals surface area contributed by atoms with Gasteiger partial charge in [-0.15, -0.1) is 24.0 Å². The number of benzene rings is 1. The van der Waals surface area contributed by atoms with Crippen LogP contribution in [0.25, 0.3) is 0 Å². The molecule has 8 heteroatoms. The largest absolute Gasteiger partial charge is 0.468 e. The smallest absolute Gasteiger partial charge is 0.224 e. The van der Waals surface area contributed by atoms with E-state index in [1.807, 2.05) is 44.2 Å². The van der Waals surface area contributed by atoms with E-state index in [4.69, 9.17) is 4.42 Å². The fourth-order valence-electron chi connectivity index (χ4n) is 4.06. The molecule has 1 unspecified atom stereocenters. The van der Waals surface area contributed by atoms with Crippen LogP contribution in [-0.2, 0) is 11.3 Å². The zero-order chi connectivity index (χ0) is 22.8. The van der Waals surface area contributed by atoms with Crippen LogP contribution in [0.4, 0.5) is 5.69 Å². The molecule has 7 nitrogen and oxygen atoms in total. The van der Waals surface area contributed by atoms with Crippen LogP contribution >= 0.6 is 24.0 Å². The van der Waals surface area contributed by atoms with Gasteiger partial charge in [0.25, 0.3) is 0 Å². The minimum Gasteiger partial charge on any atom is -0.468 e. The van der Waals surface area contributed by atoms with Crippen LogP contribution in [0.1, 0.15) is 56.9 Å². The van der Waals surface area contributed by atoms with Gasteiger partial charge in [-0.05, 0) is 61.7 Å². The Labute approximate surface area is 214 Å². The average Bonchev–Trinajstić information content (AvgIpc) is 3.31. The van der Waals surface area contributed by atoms with Crippen LogP contribution in [-0.4, -0.2) is 43.4 Å². The molecule has 2 heterocycles. The maximum Gasteiger partial charge on any atom is 0.224 e. The molecule has 3 rings (SSSR count). The molecule has 1 aliphatic rings. The quantitative estimate of drug-likeness (QED) is 0.231. The Morgan fingerprint density at radius 2 is 1.91 bits per heavy atom. The Hall–Kier alpha value is -2.07. The van der Waals surface area contributed by atoms with E-state index in [-0.39, 0.29) is 35.9 Å². The Balaban J connectivity index is 0.00000385. The van der Waals surface area contributed by atoms with Gasteiger partial charge in [-0.1, -0.05) is 32.4 Å². The van der Waals surface area contributed by atoms with Gasteiger partial charge >= 0.3 is 0 Å². The van der Waals surface area contributed by atoms with Crippen molar-refractivity contribution in [3.8, 4) is 0 Å². The highest BCUT2D eigenvalue weighted by Gasteiger charge is 2.24. The maximum atomic E-state index is 12.1. The van der Waals surface area contributed by atoms with E-state index in [1.165, 1.54) is 19.3 Å². The number of likely N-dealkylation sites (tertiary alicyclic amines) is 1. The molecular weight excluding hydrogens is 529 g/mol. The van der Waals surface area contributed by atoms with Crippen molar-refractivity contribution in [1.29, 1.82) is 0 Å². The Morgan fingerprint density at radius 3 is 2.58 bits per heavy atom. The number of guanidine groups is 1. The van der Waals surface area contributed by atoms with Crippen LogP contribution in [0.15, 0.2) is 52.1 Å². The van der Waals surface area contributed by atoms with Crippen molar-refractivity contribution in [2.45, 2.75) is 52.1 Å². The molecule has 1 atom stereocenters. The van der Waals surface area contributed by atoms with Crippen molar-refractivity contribution >= 4 is 41.5 Å². The molecule has 1 aromatic heterocycles. The SMILES string of the molecule is CN=C(NCc1cccc(NC(=O)CC(C)C)c1)NCC(c1ccco1)N1CCCCC1.I. The summed E-state index contributed by atoms with van der Waals surface area (Å²) >= 11 is 0. The summed E-state index contributed by atoms with van der Waals surface area (Å²) in [6.45, 7) is 7.60. The predicted molar refractivity (Wildman–Crippen MR) is 145 cm³/mol. The van der Waals surface area contributed by atoms with Gasteiger partial charge in [0.05, 0.1) is 12.3 Å². The number of hydrogen-bond donors (Lipinski definition) is 3. The van der Waals surface area contributed by atoms with Crippen LogP contribution in [0.5, 0.6) is 0 Å². The number of carbonyl (C=O) groups is 1. The van der Waals surface area contributed by atoms with E-state index < -0.39 is 0 Å². The van der Waals surface area contributed by atoms with Gasteiger partial charge in [0.15, 0.2) is 5.96 Å². The molecule has 0 spiro atoms. The lowest BCUT2D eigenvalue weighted by Crippen LogP contribution is -2.44. The number of amides is 1. The van der Waals surface area contributed by atoms with Gasteiger partial charge in [0.2, 0.25) is 5.91 Å². The third-order valence-electron chi connectivity index (χ3n) is 5.65. The summed E-state index contributed by atoms with van der Waals surface area (Å²) in [5, 5.41) is 9.82. The van der Waals surface area contributed by atoms with E-state index in [0.717, 1.165) is 42.6 Å². The van der Waals surface area contributed by atoms with Crippen LogP contribution < -0.4 is 16.0 Å². The molecule has 0 saturated carbocycles. The molecule has 33 heavy (non-hydrogen) atoms. The molecule has 182 valence electrons. The number of piperidine rings is 1. The lowest BCUT2D eigenvalue weighted by Gasteiger charge is -2.33. The zero-order valence-corrected chi connectivity index (χ0v) is 22.3. The van der Waals surface area contributed by atoms with E-state index in [1.54, 1.807) is 13.3 Å². The van der Waals surface area contributed by atoms with Gasteiger partial charge in [-0.2, -0.15) is 0 Å². The Bertz CT molecular complexity index is 863. The highest BCUT2D eigenvalue weighted by molar-refractivity contribution is 14.0. The first-order valence-electron chi connectivity index (χ1n) is 11.7. The predicted octanol–water partition coefficient (Wildman–Crippen LogP) is 4.77. The lowest BCUT2D eigenvalue weighted by atomic mass is 10.1. The topological polar surface area (TPSA) is 81.9 Å². The summed E-state index contributed by atoms with van der Waals surface area (Å²) in [7, 11) is 1.78. The van der Waals surface area contributed by atoms with Gasteiger partial charge in [-0.3, -0.25) is 14.7 Å². The number of nitrogens with zero attached hydrogens (tertiary/aromatic N) is 2. The fourth-order valence-corrected chi connectivity index (χ4v) is 4.06. The third-order valence-corrected chi connectivity index (χ3v) is 5.65. The van der Waals surface area contributed by atoms with Gasteiger partial charge in [-0.25, -0.2) is 0 Å². The van der Waals surface area contributed by atoms with Crippen LogP contribution in [0.2, 0.25) is 0 Å². The Morgan fingerprint density at radius 1 is 1.12 bits per heavy atom. The number of furan rings is 1. The number of hydrogen-bond acceptors (Lipinski definition) is 4. The summed E-state index contributed by atoms with van der Waals surface area (Å²) in [5.74, 6) is 2.11. The molecule has 3 N–H and O–H groups in total. The summed E-state index contributed by atoms with van der Waals surface area (Å²) < 4.78 is 5.74. The molecule has 0 bridgehead atoms. The van der Waals surface area contributed by atoms with Gasteiger partial charge in [0.1, 0.15) is 5.76 Å². The summed E-state index contributed by atoms with van der Waals surface area (Å²) in [4.78, 5) is 18.9.